The van der Waals surface area contributed by atoms with Crippen LogP contribution < -0.4 is 5.32 Å². The molecule has 3 heterocycles. The van der Waals surface area contributed by atoms with Gasteiger partial charge in [-0.2, -0.15) is 0 Å². The zero-order valence-electron chi connectivity index (χ0n) is 8.78. The van der Waals surface area contributed by atoms with Crippen molar-refractivity contribution in [2.45, 2.75) is 31.8 Å². The molecule has 1 N–H and O–H groups in total. The second-order valence-electron chi connectivity index (χ2n) is 4.23. The molecular formula is C10H16N4O. The lowest BCUT2D eigenvalue weighted by atomic mass is 10.1. The average molecular weight is 208 g/mol. The lowest BCUT2D eigenvalue weighted by molar-refractivity contribution is 0.0532. The van der Waals surface area contributed by atoms with Gasteiger partial charge in [-0.25, -0.2) is 4.68 Å². The summed E-state index contributed by atoms with van der Waals surface area (Å²) in [5.74, 6) is 0. The number of nitrogens with zero attached hydrogens (tertiary/aromatic N) is 3. The molecule has 0 bridgehead atoms. The molecule has 1 saturated heterocycles. The Kier molecular flexibility index (Phi) is 2.42. The molecule has 1 fully saturated rings. The van der Waals surface area contributed by atoms with Crippen molar-refractivity contribution in [2.24, 2.45) is 0 Å². The Morgan fingerprint density at radius 2 is 2.47 bits per heavy atom. The zero-order chi connectivity index (χ0) is 10.1. The van der Waals surface area contributed by atoms with Crippen molar-refractivity contribution in [1.29, 1.82) is 0 Å². The van der Waals surface area contributed by atoms with Gasteiger partial charge in [0.25, 0.3) is 0 Å². The molecule has 82 valence electrons. The number of aromatic nitrogens is 3. The van der Waals surface area contributed by atoms with E-state index in [-0.39, 0.29) is 0 Å². The van der Waals surface area contributed by atoms with Gasteiger partial charge in [0.15, 0.2) is 0 Å². The van der Waals surface area contributed by atoms with Crippen LogP contribution in [-0.4, -0.2) is 34.8 Å². The first-order chi connectivity index (χ1) is 7.45. The molecular weight excluding hydrogens is 192 g/mol. The van der Waals surface area contributed by atoms with Crippen molar-refractivity contribution in [3.8, 4) is 0 Å². The molecule has 5 nitrogen and oxygen atoms in total. The molecule has 1 aromatic rings. The monoisotopic (exact) mass is 208 g/mol. The van der Waals surface area contributed by atoms with Gasteiger partial charge < -0.3 is 10.1 Å². The second kappa shape index (κ2) is 3.90. The van der Waals surface area contributed by atoms with Crippen LogP contribution in [0.2, 0.25) is 0 Å². The highest BCUT2D eigenvalue weighted by atomic mass is 16.5. The molecule has 0 spiro atoms. The van der Waals surface area contributed by atoms with Gasteiger partial charge in [-0.3, -0.25) is 0 Å². The minimum absolute atomic E-state index is 0.410. The minimum atomic E-state index is 0.410. The van der Waals surface area contributed by atoms with Gasteiger partial charge >= 0.3 is 0 Å². The summed E-state index contributed by atoms with van der Waals surface area (Å²) < 4.78 is 7.59. The highest BCUT2D eigenvalue weighted by molar-refractivity contribution is 5.14. The van der Waals surface area contributed by atoms with E-state index >= 15 is 0 Å². The molecule has 5 heteroatoms. The third-order valence-corrected chi connectivity index (χ3v) is 3.18. The van der Waals surface area contributed by atoms with Crippen molar-refractivity contribution < 1.29 is 4.74 Å². The van der Waals surface area contributed by atoms with Crippen molar-refractivity contribution in [3.05, 3.63) is 11.4 Å². The predicted molar refractivity (Wildman–Crippen MR) is 54.5 cm³/mol. The van der Waals surface area contributed by atoms with E-state index in [2.05, 4.69) is 20.3 Å². The summed E-state index contributed by atoms with van der Waals surface area (Å²) in [5, 5.41) is 11.8. The molecule has 1 aromatic heterocycles. The average Bonchev–Trinajstić information content (AvgIpc) is 2.74. The van der Waals surface area contributed by atoms with E-state index in [0.717, 1.165) is 44.8 Å². The number of rotatable bonds is 1. The molecule has 0 aromatic carbocycles. The number of hydrogen-bond acceptors (Lipinski definition) is 4. The van der Waals surface area contributed by atoms with Gasteiger partial charge in [0.1, 0.15) is 0 Å². The molecule has 2 aliphatic rings. The molecule has 2 aliphatic heterocycles. The maximum Gasteiger partial charge on any atom is 0.0997 e. The third kappa shape index (κ3) is 1.66. The summed E-state index contributed by atoms with van der Waals surface area (Å²) in [6.45, 7) is 3.59. The van der Waals surface area contributed by atoms with Gasteiger partial charge in [-0.15, -0.1) is 5.10 Å². The lowest BCUT2D eigenvalue weighted by Crippen LogP contribution is -2.28. The summed E-state index contributed by atoms with van der Waals surface area (Å²) in [6.07, 6.45) is 3.35. The van der Waals surface area contributed by atoms with E-state index < -0.39 is 0 Å². The summed E-state index contributed by atoms with van der Waals surface area (Å²) >= 11 is 0. The largest absolute Gasteiger partial charge is 0.379 e. The molecule has 0 aliphatic carbocycles. The molecule has 0 saturated carbocycles. The Morgan fingerprint density at radius 1 is 1.47 bits per heavy atom. The number of nitrogens with one attached hydrogen (secondary N) is 1. The van der Waals surface area contributed by atoms with Gasteiger partial charge in [-0.1, -0.05) is 5.21 Å². The highest BCUT2D eigenvalue weighted by Crippen LogP contribution is 2.22. The minimum Gasteiger partial charge on any atom is -0.379 e. The van der Waals surface area contributed by atoms with Crippen molar-refractivity contribution >= 4 is 0 Å². The molecule has 1 atom stereocenters. The SMILES string of the molecule is C1COCC(n2nnc3c2CCNC3)C1. The molecule has 15 heavy (non-hydrogen) atoms. The Balaban J connectivity index is 1.87. The predicted octanol–water partition coefficient (Wildman–Crippen LogP) is 0.275. The van der Waals surface area contributed by atoms with Crippen LogP contribution in [0.5, 0.6) is 0 Å². The van der Waals surface area contributed by atoms with Crippen molar-refractivity contribution in [1.82, 2.24) is 20.3 Å². The van der Waals surface area contributed by atoms with Crippen LogP contribution in [0, 0.1) is 0 Å². The van der Waals surface area contributed by atoms with Crippen LogP contribution in [0.3, 0.4) is 0 Å². The van der Waals surface area contributed by atoms with E-state index in [1.54, 1.807) is 0 Å². The number of ether oxygens (including phenoxy) is 1. The first kappa shape index (κ1) is 9.30. The standard InChI is InChI=1S/C10H16N4O/c1-2-8(7-15-5-1)14-10-3-4-11-6-9(10)12-13-14/h8,11H,1-7H2. The molecule has 0 amide bonds. The molecule has 1 unspecified atom stereocenters. The van der Waals surface area contributed by atoms with Gasteiger partial charge in [-0.05, 0) is 12.8 Å². The summed E-state index contributed by atoms with van der Waals surface area (Å²) in [7, 11) is 0. The van der Waals surface area contributed by atoms with Gasteiger partial charge in [0, 0.05) is 26.1 Å². The fourth-order valence-electron chi connectivity index (χ4n) is 2.37. The Hall–Kier alpha value is -0.940. The summed E-state index contributed by atoms with van der Waals surface area (Å²) in [6, 6.07) is 0.410. The smallest absolute Gasteiger partial charge is 0.0997 e. The topological polar surface area (TPSA) is 52.0 Å². The van der Waals surface area contributed by atoms with E-state index in [1.165, 1.54) is 12.1 Å². The third-order valence-electron chi connectivity index (χ3n) is 3.18. The van der Waals surface area contributed by atoms with E-state index in [0.29, 0.717) is 6.04 Å². The van der Waals surface area contributed by atoms with E-state index in [9.17, 15) is 0 Å². The Labute approximate surface area is 88.8 Å². The van der Waals surface area contributed by atoms with Crippen molar-refractivity contribution in [2.75, 3.05) is 19.8 Å². The summed E-state index contributed by atoms with van der Waals surface area (Å²) in [4.78, 5) is 0. The summed E-state index contributed by atoms with van der Waals surface area (Å²) in [5.41, 5.74) is 2.43. The second-order valence-corrected chi connectivity index (χ2v) is 4.23. The highest BCUT2D eigenvalue weighted by Gasteiger charge is 2.23. The quantitative estimate of drug-likeness (QED) is 0.720. The van der Waals surface area contributed by atoms with Crippen LogP contribution in [0.25, 0.3) is 0 Å². The zero-order valence-corrected chi connectivity index (χ0v) is 8.78. The van der Waals surface area contributed by atoms with Gasteiger partial charge in [0.2, 0.25) is 0 Å². The van der Waals surface area contributed by atoms with Crippen molar-refractivity contribution in [3.63, 3.8) is 0 Å². The maximum atomic E-state index is 5.49. The van der Waals surface area contributed by atoms with E-state index in [4.69, 9.17) is 4.74 Å². The Bertz CT molecular complexity index is 343. The van der Waals surface area contributed by atoms with E-state index in [1.807, 2.05) is 0 Å². The normalized spacial score (nSPS) is 26.3. The van der Waals surface area contributed by atoms with Crippen LogP contribution in [0.15, 0.2) is 0 Å². The number of fused-ring (bicyclic) bond motifs is 1. The maximum absolute atomic E-state index is 5.49. The van der Waals surface area contributed by atoms with Crippen LogP contribution >= 0.6 is 0 Å². The fourth-order valence-corrected chi connectivity index (χ4v) is 2.37. The van der Waals surface area contributed by atoms with Crippen LogP contribution in [0.4, 0.5) is 0 Å². The number of hydrogen-bond donors (Lipinski definition) is 1. The van der Waals surface area contributed by atoms with Gasteiger partial charge in [0.05, 0.1) is 24.0 Å². The van der Waals surface area contributed by atoms with Crippen LogP contribution in [-0.2, 0) is 17.7 Å². The molecule has 0 radical (unpaired) electrons. The lowest BCUT2D eigenvalue weighted by Gasteiger charge is -2.24. The van der Waals surface area contributed by atoms with Crippen LogP contribution in [0.1, 0.15) is 30.3 Å². The Morgan fingerprint density at radius 3 is 3.33 bits per heavy atom. The molecule has 3 rings (SSSR count). The first-order valence-electron chi connectivity index (χ1n) is 5.66. The fraction of sp³-hybridized carbons (Fsp3) is 0.800. The first-order valence-corrected chi connectivity index (χ1v) is 5.66.